The zero-order valence-electron chi connectivity index (χ0n) is 10.1. The Labute approximate surface area is 100.0 Å². The summed E-state index contributed by atoms with van der Waals surface area (Å²) in [7, 11) is 1.30. The van der Waals surface area contributed by atoms with Crippen LogP contribution in [-0.4, -0.2) is 20.2 Å². The fraction of sp³-hybridized carbons (Fsp3) is 0.500. The van der Waals surface area contributed by atoms with Crippen molar-refractivity contribution in [2.45, 2.75) is 13.3 Å². The standard InChI is InChI=1S/C12H18F2N2O/c1-3-8(6-15)7-16-11-4-10(14)12(17-2)5-9(11)13/h4-5,8,16H,3,6-7,15H2,1-2H3. The van der Waals surface area contributed by atoms with Crippen molar-refractivity contribution in [3.05, 3.63) is 23.8 Å². The van der Waals surface area contributed by atoms with Crippen molar-refractivity contribution in [3.63, 3.8) is 0 Å². The Hall–Kier alpha value is -1.36. The number of benzene rings is 1. The minimum atomic E-state index is -0.586. The molecule has 0 radical (unpaired) electrons. The number of hydrogen-bond donors (Lipinski definition) is 2. The molecular weight excluding hydrogens is 226 g/mol. The van der Waals surface area contributed by atoms with Gasteiger partial charge in [0.1, 0.15) is 5.82 Å². The summed E-state index contributed by atoms with van der Waals surface area (Å²) in [6, 6.07) is 2.12. The van der Waals surface area contributed by atoms with Crippen molar-refractivity contribution in [2.75, 3.05) is 25.5 Å². The number of nitrogens with one attached hydrogen (secondary N) is 1. The molecule has 0 aliphatic rings. The fourth-order valence-corrected chi connectivity index (χ4v) is 1.47. The normalized spacial score (nSPS) is 12.3. The smallest absolute Gasteiger partial charge is 0.167 e. The summed E-state index contributed by atoms with van der Waals surface area (Å²) < 4.78 is 31.6. The van der Waals surface area contributed by atoms with Gasteiger partial charge in [-0.2, -0.15) is 0 Å². The summed E-state index contributed by atoms with van der Waals surface area (Å²) >= 11 is 0. The van der Waals surface area contributed by atoms with Crippen LogP contribution in [0.2, 0.25) is 0 Å². The van der Waals surface area contributed by atoms with Crippen LogP contribution < -0.4 is 15.8 Å². The third kappa shape index (κ3) is 3.56. The molecule has 17 heavy (non-hydrogen) atoms. The Morgan fingerprint density at radius 1 is 1.35 bits per heavy atom. The minimum Gasteiger partial charge on any atom is -0.494 e. The highest BCUT2D eigenvalue weighted by Crippen LogP contribution is 2.24. The lowest BCUT2D eigenvalue weighted by Gasteiger charge is -2.15. The first-order chi connectivity index (χ1) is 8.12. The third-order valence-corrected chi connectivity index (χ3v) is 2.73. The second-order valence-corrected chi connectivity index (χ2v) is 3.86. The van der Waals surface area contributed by atoms with E-state index in [0.29, 0.717) is 13.1 Å². The van der Waals surface area contributed by atoms with E-state index in [1.54, 1.807) is 0 Å². The lowest BCUT2D eigenvalue weighted by molar-refractivity contribution is 0.383. The Morgan fingerprint density at radius 3 is 2.59 bits per heavy atom. The van der Waals surface area contributed by atoms with Gasteiger partial charge in [-0.15, -0.1) is 0 Å². The Kier molecular flexibility index (Phi) is 5.15. The van der Waals surface area contributed by atoms with Crippen LogP contribution in [-0.2, 0) is 0 Å². The number of methoxy groups -OCH3 is 1. The quantitative estimate of drug-likeness (QED) is 0.807. The van der Waals surface area contributed by atoms with E-state index >= 15 is 0 Å². The first-order valence-electron chi connectivity index (χ1n) is 5.59. The number of nitrogens with two attached hydrogens (primary N) is 1. The summed E-state index contributed by atoms with van der Waals surface area (Å²) in [5, 5.41) is 2.86. The SMILES string of the molecule is CCC(CN)CNc1cc(F)c(OC)cc1F. The third-order valence-electron chi connectivity index (χ3n) is 2.73. The van der Waals surface area contributed by atoms with E-state index in [1.165, 1.54) is 7.11 Å². The lowest BCUT2D eigenvalue weighted by Crippen LogP contribution is -2.22. The molecule has 0 aromatic heterocycles. The van der Waals surface area contributed by atoms with E-state index in [0.717, 1.165) is 18.6 Å². The fourth-order valence-electron chi connectivity index (χ4n) is 1.47. The van der Waals surface area contributed by atoms with E-state index < -0.39 is 11.6 Å². The first kappa shape index (κ1) is 13.7. The van der Waals surface area contributed by atoms with E-state index in [1.807, 2.05) is 6.92 Å². The van der Waals surface area contributed by atoms with Gasteiger partial charge in [0.05, 0.1) is 12.8 Å². The molecule has 0 saturated carbocycles. The van der Waals surface area contributed by atoms with Gasteiger partial charge in [0.2, 0.25) is 0 Å². The maximum Gasteiger partial charge on any atom is 0.167 e. The molecule has 0 aliphatic carbocycles. The topological polar surface area (TPSA) is 47.3 Å². The summed E-state index contributed by atoms with van der Waals surface area (Å²) in [5.74, 6) is -0.967. The molecule has 0 spiro atoms. The maximum atomic E-state index is 13.5. The van der Waals surface area contributed by atoms with Gasteiger partial charge in [-0.05, 0) is 12.5 Å². The van der Waals surface area contributed by atoms with E-state index in [-0.39, 0.29) is 17.4 Å². The molecule has 0 fully saturated rings. The number of halogens is 2. The molecule has 1 rings (SSSR count). The Balaban J connectivity index is 2.75. The Bertz CT molecular complexity index is 368. The van der Waals surface area contributed by atoms with E-state index in [4.69, 9.17) is 5.73 Å². The van der Waals surface area contributed by atoms with Crippen molar-refractivity contribution in [2.24, 2.45) is 11.7 Å². The first-order valence-corrected chi connectivity index (χ1v) is 5.59. The highest BCUT2D eigenvalue weighted by Gasteiger charge is 2.11. The monoisotopic (exact) mass is 244 g/mol. The van der Waals surface area contributed by atoms with Crippen molar-refractivity contribution in [1.29, 1.82) is 0 Å². The number of rotatable bonds is 6. The molecule has 0 heterocycles. The highest BCUT2D eigenvalue weighted by atomic mass is 19.1. The average Bonchev–Trinajstić information content (AvgIpc) is 2.34. The highest BCUT2D eigenvalue weighted by molar-refractivity contribution is 5.48. The van der Waals surface area contributed by atoms with Gasteiger partial charge < -0.3 is 15.8 Å². The molecule has 1 aromatic carbocycles. The second-order valence-electron chi connectivity index (χ2n) is 3.86. The lowest BCUT2D eigenvalue weighted by atomic mass is 10.1. The number of anilines is 1. The van der Waals surface area contributed by atoms with Crippen LogP contribution in [0.3, 0.4) is 0 Å². The predicted octanol–water partition coefficient (Wildman–Crippen LogP) is 2.37. The molecule has 1 atom stereocenters. The molecule has 1 aromatic rings. The number of ether oxygens (including phenoxy) is 1. The van der Waals surface area contributed by atoms with Crippen molar-refractivity contribution in [3.8, 4) is 5.75 Å². The van der Waals surface area contributed by atoms with E-state index in [9.17, 15) is 8.78 Å². The van der Waals surface area contributed by atoms with E-state index in [2.05, 4.69) is 10.1 Å². The van der Waals surface area contributed by atoms with Gasteiger partial charge in [0.15, 0.2) is 11.6 Å². The maximum absolute atomic E-state index is 13.5. The number of hydrogen-bond acceptors (Lipinski definition) is 3. The summed E-state index contributed by atoms with van der Waals surface area (Å²) in [6.07, 6.45) is 0.893. The van der Waals surface area contributed by atoms with Crippen LogP contribution >= 0.6 is 0 Å². The summed E-state index contributed by atoms with van der Waals surface area (Å²) in [5.41, 5.74) is 5.67. The Morgan fingerprint density at radius 2 is 2.06 bits per heavy atom. The molecule has 0 aliphatic heterocycles. The van der Waals surface area contributed by atoms with Gasteiger partial charge in [-0.3, -0.25) is 0 Å². The average molecular weight is 244 g/mol. The molecule has 0 saturated heterocycles. The molecule has 0 amide bonds. The molecule has 3 N–H and O–H groups in total. The van der Waals surface area contributed by atoms with Crippen LogP contribution in [0.1, 0.15) is 13.3 Å². The van der Waals surface area contributed by atoms with Gasteiger partial charge in [-0.25, -0.2) is 8.78 Å². The van der Waals surface area contributed by atoms with Crippen LogP contribution in [0.15, 0.2) is 12.1 Å². The molecule has 3 nitrogen and oxygen atoms in total. The zero-order chi connectivity index (χ0) is 12.8. The molecule has 0 bridgehead atoms. The van der Waals surface area contributed by atoms with Crippen molar-refractivity contribution < 1.29 is 13.5 Å². The minimum absolute atomic E-state index is 0.0982. The van der Waals surface area contributed by atoms with Crippen molar-refractivity contribution in [1.82, 2.24) is 0 Å². The largest absolute Gasteiger partial charge is 0.494 e. The summed E-state index contributed by atoms with van der Waals surface area (Å²) in [6.45, 7) is 3.05. The predicted molar refractivity (Wildman–Crippen MR) is 64.2 cm³/mol. The zero-order valence-corrected chi connectivity index (χ0v) is 10.1. The van der Waals surface area contributed by atoms with Crippen LogP contribution in [0, 0.1) is 17.6 Å². The second kappa shape index (κ2) is 6.39. The molecule has 5 heteroatoms. The van der Waals surface area contributed by atoms with Gasteiger partial charge >= 0.3 is 0 Å². The van der Waals surface area contributed by atoms with Crippen molar-refractivity contribution >= 4 is 5.69 Å². The van der Waals surface area contributed by atoms with Gasteiger partial charge in [-0.1, -0.05) is 13.3 Å². The summed E-state index contributed by atoms with van der Waals surface area (Å²) in [4.78, 5) is 0. The van der Waals surface area contributed by atoms with Crippen LogP contribution in [0.5, 0.6) is 5.75 Å². The van der Waals surface area contributed by atoms with Crippen LogP contribution in [0.25, 0.3) is 0 Å². The van der Waals surface area contributed by atoms with Gasteiger partial charge in [0.25, 0.3) is 0 Å². The van der Waals surface area contributed by atoms with Crippen LogP contribution in [0.4, 0.5) is 14.5 Å². The molecular formula is C12H18F2N2O. The molecule has 1 unspecified atom stereocenters. The molecule has 96 valence electrons. The van der Waals surface area contributed by atoms with Gasteiger partial charge in [0, 0.05) is 18.7 Å².